The number of rotatable bonds is 8. The molecule has 1 unspecified atom stereocenters. The van der Waals surface area contributed by atoms with Crippen LogP contribution < -0.4 is 0 Å². The zero-order valence-corrected chi connectivity index (χ0v) is 25.6. The zero-order valence-electron chi connectivity index (χ0n) is 25.6. The molecule has 0 radical (unpaired) electrons. The lowest BCUT2D eigenvalue weighted by atomic mass is 9.60. The molecule has 5 aromatic carbocycles. The molecule has 0 saturated heterocycles. The van der Waals surface area contributed by atoms with E-state index in [2.05, 4.69) is 172 Å². The van der Waals surface area contributed by atoms with Crippen molar-refractivity contribution in [3.05, 3.63) is 196 Å². The molecule has 0 nitrogen and oxygen atoms in total. The monoisotopic (exact) mass is 556 g/mol. The van der Waals surface area contributed by atoms with Gasteiger partial charge in [0.15, 0.2) is 0 Å². The topological polar surface area (TPSA) is 0 Å². The predicted octanol–water partition coefficient (Wildman–Crippen LogP) is 11.2. The van der Waals surface area contributed by atoms with Crippen LogP contribution in [0.25, 0.3) is 17.2 Å². The predicted molar refractivity (Wildman–Crippen MR) is 184 cm³/mol. The molecule has 0 spiro atoms. The Morgan fingerprint density at radius 3 is 2.09 bits per heavy atom. The Kier molecular flexibility index (Phi) is 8.38. The van der Waals surface area contributed by atoms with Crippen LogP contribution in [0.15, 0.2) is 157 Å². The van der Waals surface area contributed by atoms with Crippen molar-refractivity contribution in [1.29, 1.82) is 0 Å². The number of allylic oxidation sites excluding steroid dienone is 5. The van der Waals surface area contributed by atoms with Gasteiger partial charge in [0, 0.05) is 0 Å². The maximum atomic E-state index is 2.37. The summed E-state index contributed by atoms with van der Waals surface area (Å²) in [6.07, 6.45) is 12.3. The lowest BCUT2D eigenvalue weighted by Crippen LogP contribution is -2.35. The largest absolute Gasteiger partial charge is 0.0840 e. The van der Waals surface area contributed by atoms with Gasteiger partial charge in [-0.3, -0.25) is 0 Å². The number of hydrogen-bond acceptors (Lipinski definition) is 0. The Balaban J connectivity index is 1.47. The molecule has 212 valence electrons. The van der Waals surface area contributed by atoms with Gasteiger partial charge in [0.2, 0.25) is 0 Å². The van der Waals surface area contributed by atoms with Gasteiger partial charge in [-0.25, -0.2) is 0 Å². The average Bonchev–Trinajstić information content (AvgIpc) is 3.05. The first-order valence-electron chi connectivity index (χ1n) is 15.5. The Bertz CT molecular complexity index is 1800. The third kappa shape index (κ3) is 5.58. The van der Waals surface area contributed by atoms with Crippen LogP contribution in [0.4, 0.5) is 0 Å². The van der Waals surface area contributed by atoms with E-state index in [1.165, 1.54) is 61.2 Å². The molecular formula is C43H40. The molecule has 0 saturated carbocycles. The fourth-order valence-corrected chi connectivity index (χ4v) is 6.98. The molecule has 43 heavy (non-hydrogen) atoms. The van der Waals surface area contributed by atoms with E-state index >= 15 is 0 Å². The first kappa shape index (κ1) is 28.4. The summed E-state index contributed by atoms with van der Waals surface area (Å²) in [5, 5.41) is 0. The summed E-state index contributed by atoms with van der Waals surface area (Å²) in [6.45, 7) is 6.88. The van der Waals surface area contributed by atoms with Crippen molar-refractivity contribution in [3.8, 4) is 11.1 Å². The molecule has 0 amide bonds. The lowest BCUT2D eigenvalue weighted by Gasteiger charge is -2.42. The molecule has 0 aromatic heterocycles. The van der Waals surface area contributed by atoms with Gasteiger partial charge in [-0.15, -0.1) is 0 Å². The van der Waals surface area contributed by atoms with E-state index in [-0.39, 0.29) is 5.41 Å². The SMILES string of the molecule is CC1=C(C(c2ccccc2)(c2ccccc2C)c2cccc(/C=C/Cc3cccc(-c4ccccc4)c3)c2C)CCC=C1. The maximum Gasteiger partial charge on any atom is 0.0672 e. The summed E-state index contributed by atoms with van der Waals surface area (Å²) < 4.78 is 0. The molecule has 1 atom stereocenters. The molecule has 5 aromatic rings. The normalized spacial score (nSPS) is 14.7. The zero-order chi connectivity index (χ0) is 29.6. The molecule has 1 aliphatic carbocycles. The van der Waals surface area contributed by atoms with Crippen LogP contribution in [0, 0.1) is 13.8 Å². The fourth-order valence-electron chi connectivity index (χ4n) is 6.98. The summed E-state index contributed by atoms with van der Waals surface area (Å²) in [5.41, 5.74) is 14.3. The quantitative estimate of drug-likeness (QED) is 0.167. The Morgan fingerprint density at radius 2 is 1.33 bits per heavy atom. The second kappa shape index (κ2) is 12.7. The van der Waals surface area contributed by atoms with Crippen LogP contribution in [-0.2, 0) is 11.8 Å². The highest BCUT2D eigenvalue weighted by molar-refractivity contribution is 5.68. The van der Waals surface area contributed by atoms with Gasteiger partial charge in [0.05, 0.1) is 5.41 Å². The highest BCUT2D eigenvalue weighted by atomic mass is 14.4. The average molecular weight is 557 g/mol. The van der Waals surface area contributed by atoms with Crippen molar-refractivity contribution in [2.24, 2.45) is 0 Å². The van der Waals surface area contributed by atoms with Gasteiger partial charge in [0.1, 0.15) is 0 Å². The Hall–Kier alpha value is -4.68. The standard InChI is InChI=1S/C43H40/c1-32-17-10-12-28-40(32)43(39-26-8-5-9-27-39,41-29-13-11-18-33(41)2)42-30-16-24-36(34(42)3)23-14-19-35-20-15-25-38(31-35)37-21-6-4-7-22-37/h4-12,14-18,20-28,30-31H,13,19,29H2,1-3H3/b23-14+. The highest BCUT2D eigenvalue weighted by Gasteiger charge is 2.42. The molecule has 0 bridgehead atoms. The molecule has 0 heterocycles. The van der Waals surface area contributed by atoms with Crippen LogP contribution in [0.1, 0.15) is 58.7 Å². The summed E-state index contributed by atoms with van der Waals surface area (Å²) in [4.78, 5) is 0. The van der Waals surface area contributed by atoms with Gasteiger partial charge in [-0.05, 0) is 95.7 Å². The molecular weight excluding hydrogens is 516 g/mol. The van der Waals surface area contributed by atoms with Gasteiger partial charge in [-0.1, -0.05) is 157 Å². The first-order chi connectivity index (χ1) is 21.1. The van der Waals surface area contributed by atoms with Crippen LogP contribution in [0.5, 0.6) is 0 Å². The first-order valence-corrected chi connectivity index (χ1v) is 15.5. The van der Waals surface area contributed by atoms with Crippen LogP contribution >= 0.6 is 0 Å². The number of hydrogen-bond donors (Lipinski definition) is 0. The Morgan fingerprint density at radius 1 is 0.651 bits per heavy atom. The fraction of sp³-hybridized carbons (Fsp3) is 0.163. The summed E-state index contributed by atoms with van der Waals surface area (Å²) in [7, 11) is 0. The molecule has 0 aliphatic heterocycles. The van der Waals surface area contributed by atoms with E-state index in [0.717, 1.165) is 19.3 Å². The van der Waals surface area contributed by atoms with Crippen molar-refractivity contribution in [2.45, 2.75) is 45.4 Å². The van der Waals surface area contributed by atoms with Crippen molar-refractivity contribution < 1.29 is 0 Å². The summed E-state index contributed by atoms with van der Waals surface area (Å²) in [5.74, 6) is 0. The third-order valence-corrected chi connectivity index (χ3v) is 9.08. The van der Waals surface area contributed by atoms with Gasteiger partial charge in [0.25, 0.3) is 0 Å². The van der Waals surface area contributed by atoms with Crippen molar-refractivity contribution in [3.63, 3.8) is 0 Å². The van der Waals surface area contributed by atoms with Crippen molar-refractivity contribution in [1.82, 2.24) is 0 Å². The molecule has 1 aliphatic rings. The molecule has 0 N–H and O–H groups in total. The third-order valence-electron chi connectivity index (χ3n) is 9.08. The van der Waals surface area contributed by atoms with E-state index < -0.39 is 0 Å². The summed E-state index contributed by atoms with van der Waals surface area (Å²) >= 11 is 0. The van der Waals surface area contributed by atoms with Gasteiger partial charge in [-0.2, -0.15) is 0 Å². The number of benzene rings is 5. The number of aryl methyl sites for hydroxylation is 1. The lowest BCUT2D eigenvalue weighted by molar-refractivity contribution is 0.659. The van der Waals surface area contributed by atoms with Gasteiger partial charge >= 0.3 is 0 Å². The van der Waals surface area contributed by atoms with Crippen LogP contribution in [0.2, 0.25) is 0 Å². The van der Waals surface area contributed by atoms with E-state index in [1.807, 2.05) is 0 Å². The van der Waals surface area contributed by atoms with E-state index in [4.69, 9.17) is 0 Å². The van der Waals surface area contributed by atoms with E-state index in [9.17, 15) is 0 Å². The Labute approximate surface area is 257 Å². The van der Waals surface area contributed by atoms with E-state index in [0.29, 0.717) is 0 Å². The van der Waals surface area contributed by atoms with Crippen molar-refractivity contribution in [2.75, 3.05) is 0 Å². The van der Waals surface area contributed by atoms with Crippen LogP contribution in [-0.4, -0.2) is 0 Å². The summed E-state index contributed by atoms with van der Waals surface area (Å²) in [6, 6.07) is 46.6. The van der Waals surface area contributed by atoms with Crippen LogP contribution in [0.3, 0.4) is 0 Å². The minimum absolute atomic E-state index is 0.376. The maximum absolute atomic E-state index is 2.37. The van der Waals surface area contributed by atoms with E-state index in [1.54, 1.807) is 0 Å². The molecule has 0 heteroatoms. The minimum atomic E-state index is -0.376. The molecule has 0 fully saturated rings. The van der Waals surface area contributed by atoms with Crippen molar-refractivity contribution >= 4 is 6.08 Å². The highest BCUT2D eigenvalue weighted by Crippen LogP contribution is 2.51. The van der Waals surface area contributed by atoms with Gasteiger partial charge < -0.3 is 0 Å². The minimum Gasteiger partial charge on any atom is -0.0840 e. The second-order valence-corrected chi connectivity index (χ2v) is 11.7. The smallest absolute Gasteiger partial charge is 0.0672 e. The molecule has 6 rings (SSSR count). The second-order valence-electron chi connectivity index (χ2n) is 11.7.